The molecule has 63 heavy (non-hydrogen) atoms. The number of ether oxygens (including phenoxy) is 1. The molecule has 2 aromatic heterocycles. The second kappa shape index (κ2) is 17.7. The van der Waals surface area contributed by atoms with Crippen molar-refractivity contribution in [2.75, 3.05) is 52.5 Å². The summed E-state index contributed by atoms with van der Waals surface area (Å²) in [6.07, 6.45) is 10.6. The Morgan fingerprint density at radius 3 is 1.59 bits per heavy atom. The van der Waals surface area contributed by atoms with Crippen LogP contribution < -0.4 is 5.32 Å². The van der Waals surface area contributed by atoms with Gasteiger partial charge in [-0.1, -0.05) is 13.8 Å². The van der Waals surface area contributed by atoms with Crippen LogP contribution >= 0.6 is 12.4 Å². The highest BCUT2D eigenvalue weighted by Gasteiger charge is 2.42. The number of fused-ring (bicyclic) bond motifs is 6. The summed E-state index contributed by atoms with van der Waals surface area (Å²) in [6.45, 7) is 12.3. The van der Waals surface area contributed by atoms with Gasteiger partial charge in [0.15, 0.2) is 0 Å². The van der Waals surface area contributed by atoms with E-state index in [9.17, 15) is 26.4 Å². The first-order valence-electron chi connectivity index (χ1n) is 23.3. The van der Waals surface area contributed by atoms with Gasteiger partial charge in [-0.25, -0.2) is 24.8 Å². The van der Waals surface area contributed by atoms with Crippen LogP contribution in [0.15, 0.2) is 36.4 Å². The van der Waals surface area contributed by atoms with Crippen LogP contribution in [0.5, 0.6) is 0 Å². The van der Waals surface area contributed by atoms with E-state index in [0.29, 0.717) is 42.0 Å². The van der Waals surface area contributed by atoms with Gasteiger partial charge in [0.2, 0.25) is 20.0 Å². The molecule has 2 aliphatic carbocycles. The monoisotopic (exact) mass is 922 g/mol. The third-order valence-corrected chi connectivity index (χ3v) is 19.3. The minimum absolute atomic E-state index is 0. The molecule has 2 amide bonds. The Balaban J connectivity index is 0.000000160. The van der Waals surface area contributed by atoms with E-state index in [1.807, 2.05) is 40.1 Å². The first-order chi connectivity index (χ1) is 29.9. The highest BCUT2D eigenvalue weighted by Crippen LogP contribution is 2.40. The maximum Gasteiger partial charge on any atom is 0.253 e. The fourth-order valence-electron chi connectivity index (χ4n) is 10.6. The van der Waals surface area contributed by atoms with Crippen LogP contribution in [0.1, 0.15) is 121 Å². The average molecular weight is 924 g/mol. The lowest BCUT2D eigenvalue weighted by Gasteiger charge is -2.37. The highest BCUT2D eigenvalue weighted by molar-refractivity contribution is 7.91. The zero-order chi connectivity index (χ0) is 42.9. The van der Waals surface area contributed by atoms with Crippen LogP contribution in [-0.4, -0.2) is 120 Å². The smallest absolute Gasteiger partial charge is 0.253 e. The Labute approximate surface area is 378 Å². The zero-order valence-electron chi connectivity index (χ0n) is 36.7. The van der Waals surface area contributed by atoms with E-state index in [1.165, 1.54) is 0 Å². The fourth-order valence-corrected chi connectivity index (χ4v) is 14.6. The Hall–Kier alpha value is -3.47. The molecule has 5 fully saturated rings. The number of halogens is 1. The Kier molecular flexibility index (Phi) is 12.6. The van der Waals surface area contributed by atoms with Crippen LogP contribution in [-0.2, 0) is 50.7 Å². The number of nitrogens with one attached hydrogen (secondary N) is 1. The van der Waals surface area contributed by atoms with Crippen molar-refractivity contribution in [1.29, 1.82) is 0 Å². The highest BCUT2D eigenvalue weighted by atomic mass is 35.5. The number of nitrogens with zero attached hydrogens (tertiary/aromatic N) is 5. The van der Waals surface area contributed by atoms with Gasteiger partial charge in [0.05, 0.1) is 21.5 Å². The van der Waals surface area contributed by atoms with E-state index in [4.69, 9.17) is 4.74 Å². The molecule has 7 aliphatic rings. The molecular weight excluding hydrogens is 860 g/mol. The lowest BCUT2D eigenvalue weighted by Crippen LogP contribution is -2.42. The summed E-state index contributed by atoms with van der Waals surface area (Å²) in [4.78, 5) is 32.7. The van der Waals surface area contributed by atoms with Gasteiger partial charge in [-0.05, 0) is 124 Å². The van der Waals surface area contributed by atoms with Gasteiger partial charge in [0.25, 0.3) is 11.8 Å². The van der Waals surface area contributed by atoms with E-state index in [-0.39, 0.29) is 34.7 Å². The van der Waals surface area contributed by atoms with Crippen molar-refractivity contribution in [3.05, 3.63) is 70.0 Å². The quantitative estimate of drug-likeness (QED) is 0.226. The number of rotatable bonds is 7. The number of hydrogen-bond donors (Lipinski definition) is 1. The summed E-state index contributed by atoms with van der Waals surface area (Å²) in [5, 5.41) is 4.68. The van der Waals surface area contributed by atoms with Crippen LogP contribution in [0.4, 0.5) is 0 Å². The molecule has 4 aromatic rings. The average Bonchev–Trinajstić information content (AvgIpc) is 4.24. The van der Waals surface area contributed by atoms with Gasteiger partial charge < -0.3 is 19.9 Å². The molecule has 342 valence electrons. The number of likely N-dealkylation sites (tertiary alicyclic amines) is 2. The first-order valence-corrected chi connectivity index (χ1v) is 26.3. The molecule has 0 bridgehead atoms. The van der Waals surface area contributed by atoms with Crippen molar-refractivity contribution in [2.45, 2.75) is 121 Å². The van der Waals surface area contributed by atoms with E-state index >= 15 is 0 Å². The molecule has 7 heterocycles. The van der Waals surface area contributed by atoms with E-state index in [0.717, 1.165) is 174 Å². The lowest BCUT2D eigenvalue weighted by atomic mass is 9.97. The molecule has 0 unspecified atom stereocenters. The molecule has 3 saturated heterocycles. The molecular formula is C47H63ClN6O7S2. The van der Waals surface area contributed by atoms with Gasteiger partial charge in [-0.3, -0.25) is 14.5 Å². The molecule has 2 saturated carbocycles. The van der Waals surface area contributed by atoms with E-state index < -0.39 is 20.0 Å². The molecule has 1 N–H and O–H groups in total. The van der Waals surface area contributed by atoms with E-state index in [1.54, 1.807) is 14.0 Å². The molecule has 0 spiro atoms. The maximum atomic E-state index is 13.5. The Morgan fingerprint density at radius 2 is 1.10 bits per heavy atom. The minimum Gasteiger partial charge on any atom is -0.381 e. The van der Waals surface area contributed by atoms with Crippen LogP contribution in [0.3, 0.4) is 0 Å². The third kappa shape index (κ3) is 8.48. The van der Waals surface area contributed by atoms with Crippen molar-refractivity contribution in [3.63, 3.8) is 0 Å². The summed E-state index contributed by atoms with van der Waals surface area (Å²) < 4.78 is 62.0. The summed E-state index contributed by atoms with van der Waals surface area (Å²) in [5.41, 5.74) is 6.77. The predicted molar refractivity (Wildman–Crippen MR) is 248 cm³/mol. The summed E-state index contributed by atoms with van der Waals surface area (Å²) in [6, 6.07) is 11.7. The predicted octanol–water partition coefficient (Wildman–Crippen LogP) is 6.31. The van der Waals surface area contributed by atoms with Crippen LogP contribution in [0.25, 0.3) is 21.8 Å². The van der Waals surface area contributed by atoms with Gasteiger partial charge in [0, 0.05) is 118 Å². The second-order valence-electron chi connectivity index (χ2n) is 19.3. The third-order valence-electron chi connectivity index (χ3n) is 14.8. The molecule has 16 heteroatoms. The molecule has 2 aromatic carbocycles. The topological polar surface area (TPSA) is 143 Å². The number of benzene rings is 2. The number of piperidine rings is 2. The maximum absolute atomic E-state index is 13.5. The lowest BCUT2D eigenvalue weighted by molar-refractivity contribution is 0.0290. The first kappa shape index (κ1) is 44.7. The van der Waals surface area contributed by atoms with Crippen LogP contribution in [0, 0.1) is 11.8 Å². The number of carbonyl (C=O) groups excluding carboxylic acids is 2. The van der Waals surface area contributed by atoms with Crippen LogP contribution in [0.2, 0.25) is 0 Å². The van der Waals surface area contributed by atoms with E-state index in [2.05, 4.69) is 24.1 Å². The number of carbonyl (C=O) groups is 2. The van der Waals surface area contributed by atoms with Gasteiger partial charge in [-0.15, -0.1) is 12.4 Å². The normalized spacial score (nSPS) is 22.0. The molecule has 5 aliphatic heterocycles. The Bertz CT molecular complexity index is 2610. The SMILES string of the molecule is CC1CCN(C(=O)c2ccc3c(c2)c2c(n3S(=O)(=O)C3CC3)CCN(C3CCOCC3)C2)CC1.CC1CCN(C(=O)c2ccc3c(c2)c2c(n3S(=O)(=O)C3CC3)CCNC2)CC1.Cl. The van der Waals surface area contributed by atoms with Crippen molar-refractivity contribution in [3.8, 4) is 0 Å². The summed E-state index contributed by atoms with van der Waals surface area (Å²) in [7, 11) is -6.77. The zero-order valence-corrected chi connectivity index (χ0v) is 39.2. The number of hydrogen-bond acceptors (Lipinski definition) is 9. The summed E-state index contributed by atoms with van der Waals surface area (Å²) in [5.74, 6) is 1.46. The number of aromatic nitrogens is 2. The molecule has 13 nitrogen and oxygen atoms in total. The Morgan fingerprint density at radius 1 is 0.619 bits per heavy atom. The van der Waals surface area contributed by atoms with Gasteiger partial charge in [-0.2, -0.15) is 0 Å². The van der Waals surface area contributed by atoms with Crippen molar-refractivity contribution >= 4 is 66.1 Å². The standard InChI is InChI=1S/C26H35N3O4S.C21H27N3O3S.ClH/c1-18-6-11-27(12-7-18)26(30)19-2-5-24-22(16-19)23-17-28(20-9-14-33-15-10-20)13-8-25(23)29(24)34(31,32)21-3-4-21;1-14-7-10-23(11-8-14)21(25)15-2-5-19-17(12-15)18-13-22-9-6-20(18)24(19)28(26,27)16-3-4-16;/h2,5,16,18,20-21H,3-4,6-15,17H2,1H3;2,5,12,14,16,22H,3-4,6-11,13H2,1H3;1H. The van der Waals surface area contributed by atoms with Crippen molar-refractivity contribution < 1.29 is 31.2 Å². The number of amides is 2. The molecule has 11 rings (SSSR count). The minimum atomic E-state index is -3.41. The largest absolute Gasteiger partial charge is 0.381 e. The molecule has 0 atom stereocenters. The van der Waals surface area contributed by atoms with Gasteiger partial charge in [0.1, 0.15) is 0 Å². The second-order valence-corrected chi connectivity index (χ2v) is 23.4. The summed E-state index contributed by atoms with van der Waals surface area (Å²) >= 11 is 0. The molecule has 0 radical (unpaired) electrons. The van der Waals surface area contributed by atoms with Gasteiger partial charge >= 0.3 is 0 Å². The fraction of sp³-hybridized carbons (Fsp3) is 0.617. The van der Waals surface area contributed by atoms with Crippen molar-refractivity contribution in [1.82, 2.24) is 28.0 Å². The van der Waals surface area contributed by atoms with Crippen molar-refractivity contribution in [2.24, 2.45) is 11.8 Å².